The minimum absolute atomic E-state index is 0.146. The number of aryl methyl sites for hydroxylation is 2. The molecule has 128 valence electrons. The predicted molar refractivity (Wildman–Crippen MR) is 90.6 cm³/mol. The van der Waals surface area contributed by atoms with E-state index in [2.05, 4.69) is 5.32 Å². The van der Waals surface area contributed by atoms with Crippen molar-refractivity contribution in [2.75, 3.05) is 31.1 Å². The van der Waals surface area contributed by atoms with Crippen molar-refractivity contribution in [3.8, 4) is 0 Å². The molecule has 0 spiro atoms. The molecule has 0 saturated carbocycles. The highest BCUT2D eigenvalue weighted by Gasteiger charge is 2.27. The number of carboxylic acids is 1. The van der Waals surface area contributed by atoms with Crippen LogP contribution in [0.25, 0.3) is 10.9 Å². The second-order valence-electron chi connectivity index (χ2n) is 5.88. The van der Waals surface area contributed by atoms with Gasteiger partial charge in [0.1, 0.15) is 17.2 Å². The minimum Gasteiger partial charge on any atom is -0.477 e. The first-order valence-electron chi connectivity index (χ1n) is 8.02. The number of anilines is 1. The molecule has 2 heterocycles. The van der Waals surface area contributed by atoms with Crippen LogP contribution in [-0.2, 0) is 6.54 Å². The summed E-state index contributed by atoms with van der Waals surface area (Å²) in [5, 5.41) is 13.0. The Morgan fingerprint density at radius 1 is 1.33 bits per heavy atom. The molecule has 7 heteroatoms. The predicted octanol–water partition coefficient (Wildman–Crippen LogP) is 1.58. The van der Waals surface area contributed by atoms with Gasteiger partial charge in [-0.25, -0.2) is 9.18 Å². The molecule has 0 bridgehead atoms. The first kappa shape index (κ1) is 16.4. The number of nitrogens with zero attached hydrogens (tertiary/aromatic N) is 2. The topological polar surface area (TPSA) is 74.6 Å². The SMILES string of the molecule is CCn1c(N2CCNCC2)c(C(=O)O)c(=O)c2c(C)c(F)ccc21. The van der Waals surface area contributed by atoms with Crippen LogP contribution in [0, 0.1) is 12.7 Å². The zero-order chi connectivity index (χ0) is 17.4. The smallest absolute Gasteiger partial charge is 0.343 e. The van der Waals surface area contributed by atoms with Crippen molar-refractivity contribution in [3.63, 3.8) is 0 Å². The summed E-state index contributed by atoms with van der Waals surface area (Å²) in [4.78, 5) is 26.6. The van der Waals surface area contributed by atoms with Gasteiger partial charge >= 0.3 is 5.97 Å². The first-order valence-corrected chi connectivity index (χ1v) is 8.02. The highest BCUT2D eigenvalue weighted by Crippen LogP contribution is 2.27. The molecule has 2 aromatic rings. The Hall–Kier alpha value is -2.41. The second kappa shape index (κ2) is 6.24. The normalized spacial score (nSPS) is 15.0. The van der Waals surface area contributed by atoms with Crippen molar-refractivity contribution in [2.24, 2.45) is 0 Å². The van der Waals surface area contributed by atoms with Crippen LogP contribution in [-0.4, -0.2) is 41.8 Å². The number of carboxylic acid groups (broad SMARTS) is 1. The molecule has 1 saturated heterocycles. The van der Waals surface area contributed by atoms with Gasteiger partial charge in [0.25, 0.3) is 0 Å². The molecule has 0 atom stereocenters. The van der Waals surface area contributed by atoms with Crippen molar-refractivity contribution in [1.29, 1.82) is 0 Å². The summed E-state index contributed by atoms with van der Waals surface area (Å²) in [6.45, 7) is 6.56. The molecule has 1 fully saturated rings. The van der Waals surface area contributed by atoms with E-state index in [4.69, 9.17) is 0 Å². The number of aromatic nitrogens is 1. The molecule has 24 heavy (non-hydrogen) atoms. The van der Waals surface area contributed by atoms with Gasteiger partial charge in [0, 0.05) is 32.7 Å². The van der Waals surface area contributed by atoms with Crippen molar-refractivity contribution in [2.45, 2.75) is 20.4 Å². The molecular weight excluding hydrogens is 313 g/mol. The van der Waals surface area contributed by atoms with Crippen molar-refractivity contribution in [3.05, 3.63) is 39.3 Å². The average molecular weight is 333 g/mol. The molecule has 3 rings (SSSR count). The standard InChI is InChI=1S/C17H20FN3O3/c1-3-21-12-5-4-11(18)10(2)13(12)15(22)14(17(23)24)16(21)20-8-6-19-7-9-20/h4-5,19H,3,6-9H2,1-2H3,(H,23,24). The Bertz CT molecular complexity index is 870. The van der Waals surface area contributed by atoms with Crippen LogP contribution in [0.1, 0.15) is 22.8 Å². The summed E-state index contributed by atoms with van der Waals surface area (Å²) in [6, 6.07) is 2.88. The second-order valence-corrected chi connectivity index (χ2v) is 5.88. The van der Waals surface area contributed by atoms with E-state index in [1.54, 1.807) is 10.6 Å². The quantitative estimate of drug-likeness (QED) is 0.892. The highest BCUT2D eigenvalue weighted by atomic mass is 19.1. The Morgan fingerprint density at radius 2 is 2.00 bits per heavy atom. The molecule has 0 amide bonds. The van der Waals surface area contributed by atoms with Crippen LogP contribution in [0.2, 0.25) is 0 Å². The Labute approximate surface area is 138 Å². The van der Waals surface area contributed by atoms with Crippen molar-refractivity contribution >= 4 is 22.7 Å². The number of halogens is 1. The molecular formula is C17H20FN3O3. The van der Waals surface area contributed by atoms with E-state index in [0.717, 1.165) is 13.1 Å². The lowest BCUT2D eigenvalue weighted by molar-refractivity contribution is 0.0695. The summed E-state index contributed by atoms with van der Waals surface area (Å²) in [7, 11) is 0. The lowest BCUT2D eigenvalue weighted by atomic mass is 10.0. The number of pyridine rings is 1. The zero-order valence-corrected chi connectivity index (χ0v) is 13.7. The molecule has 1 aromatic carbocycles. The lowest BCUT2D eigenvalue weighted by Crippen LogP contribution is -2.46. The number of aromatic carboxylic acids is 1. The molecule has 1 aliphatic rings. The first-order chi connectivity index (χ1) is 11.5. The number of piperazine rings is 1. The van der Waals surface area contributed by atoms with Crippen molar-refractivity contribution < 1.29 is 14.3 Å². The van der Waals surface area contributed by atoms with Crippen LogP contribution in [0.3, 0.4) is 0 Å². The molecule has 1 aliphatic heterocycles. The minimum atomic E-state index is -1.28. The molecule has 0 radical (unpaired) electrons. The fourth-order valence-corrected chi connectivity index (χ4v) is 3.38. The molecule has 0 unspecified atom stereocenters. The zero-order valence-electron chi connectivity index (χ0n) is 13.7. The van der Waals surface area contributed by atoms with Crippen LogP contribution in [0.5, 0.6) is 0 Å². The van der Waals surface area contributed by atoms with Gasteiger partial charge in [-0.2, -0.15) is 0 Å². The van der Waals surface area contributed by atoms with E-state index in [0.29, 0.717) is 31.0 Å². The third kappa shape index (κ3) is 2.45. The van der Waals surface area contributed by atoms with Crippen LogP contribution >= 0.6 is 0 Å². The number of fused-ring (bicyclic) bond motifs is 1. The van der Waals surface area contributed by atoms with Crippen LogP contribution in [0.4, 0.5) is 10.2 Å². The van der Waals surface area contributed by atoms with E-state index in [1.165, 1.54) is 13.0 Å². The van der Waals surface area contributed by atoms with Gasteiger partial charge in [-0.1, -0.05) is 0 Å². The number of rotatable bonds is 3. The summed E-state index contributed by atoms with van der Waals surface area (Å²) >= 11 is 0. The Morgan fingerprint density at radius 3 is 2.58 bits per heavy atom. The van der Waals surface area contributed by atoms with Crippen LogP contribution < -0.4 is 15.6 Å². The van der Waals surface area contributed by atoms with E-state index in [1.807, 2.05) is 11.8 Å². The fourth-order valence-electron chi connectivity index (χ4n) is 3.38. The maximum Gasteiger partial charge on any atom is 0.343 e. The molecule has 2 N–H and O–H groups in total. The lowest BCUT2D eigenvalue weighted by Gasteiger charge is -2.33. The van der Waals surface area contributed by atoms with E-state index >= 15 is 0 Å². The summed E-state index contributed by atoms with van der Waals surface area (Å²) in [6.07, 6.45) is 0. The average Bonchev–Trinajstić information content (AvgIpc) is 2.57. The number of carbonyl (C=O) groups is 1. The highest BCUT2D eigenvalue weighted by molar-refractivity contribution is 5.99. The van der Waals surface area contributed by atoms with Crippen molar-refractivity contribution in [1.82, 2.24) is 9.88 Å². The van der Waals surface area contributed by atoms with Gasteiger partial charge < -0.3 is 19.9 Å². The van der Waals surface area contributed by atoms with Gasteiger partial charge in [-0.3, -0.25) is 4.79 Å². The molecule has 0 aliphatic carbocycles. The summed E-state index contributed by atoms with van der Waals surface area (Å²) in [5.41, 5.74) is -0.137. The van der Waals surface area contributed by atoms with E-state index in [-0.39, 0.29) is 16.5 Å². The van der Waals surface area contributed by atoms with Gasteiger partial charge in [-0.15, -0.1) is 0 Å². The maximum absolute atomic E-state index is 13.9. The summed E-state index contributed by atoms with van der Waals surface area (Å²) < 4.78 is 15.7. The third-order valence-electron chi connectivity index (χ3n) is 4.55. The van der Waals surface area contributed by atoms with Gasteiger partial charge in [-0.05, 0) is 31.5 Å². The number of benzene rings is 1. The summed E-state index contributed by atoms with van der Waals surface area (Å²) in [5.74, 6) is -1.37. The van der Waals surface area contributed by atoms with E-state index in [9.17, 15) is 19.1 Å². The monoisotopic (exact) mass is 333 g/mol. The van der Waals surface area contributed by atoms with Gasteiger partial charge in [0.2, 0.25) is 5.43 Å². The number of nitrogens with one attached hydrogen (secondary N) is 1. The maximum atomic E-state index is 13.9. The van der Waals surface area contributed by atoms with Gasteiger partial charge in [0.15, 0.2) is 0 Å². The largest absolute Gasteiger partial charge is 0.477 e. The van der Waals surface area contributed by atoms with Crippen LogP contribution in [0.15, 0.2) is 16.9 Å². The number of hydrogen-bond acceptors (Lipinski definition) is 4. The fraction of sp³-hybridized carbons (Fsp3) is 0.412. The van der Waals surface area contributed by atoms with E-state index < -0.39 is 17.2 Å². The molecule has 6 nitrogen and oxygen atoms in total. The Balaban J connectivity index is 2.45. The number of hydrogen-bond donors (Lipinski definition) is 2. The third-order valence-corrected chi connectivity index (χ3v) is 4.55. The molecule has 1 aromatic heterocycles. The Kier molecular flexibility index (Phi) is 4.28. The van der Waals surface area contributed by atoms with Gasteiger partial charge in [0.05, 0.1) is 10.9 Å².